The van der Waals surface area contributed by atoms with Crippen molar-refractivity contribution in [1.82, 2.24) is 9.78 Å². The third-order valence-corrected chi connectivity index (χ3v) is 2.44. The maximum Gasteiger partial charge on any atom is 0.0825 e. The van der Waals surface area contributed by atoms with Crippen LogP contribution in [0.4, 0.5) is 5.69 Å². The summed E-state index contributed by atoms with van der Waals surface area (Å²) in [6.45, 7) is 10.8. The Balaban J connectivity index is 2.46. The first-order valence-corrected chi connectivity index (χ1v) is 5.91. The summed E-state index contributed by atoms with van der Waals surface area (Å²) in [6, 6.07) is 0. The lowest BCUT2D eigenvalue weighted by molar-refractivity contribution is 0.598. The van der Waals surface area contributed by atoms with Crippen molar-refractivity contribution in [2.24, 2.45) is 5.92 Å². The van der Waals surface area contributed by atoms with Gasteiger partial charge in [0.25, 0.3) is 0 Å². The van der Waals surface area contributed by atoms with Crippen LogP contribution >= 0.6 is 0 Å². The summed E-state index contributed by atoms with van der Waals surface area (Å²) >= 11 is 0. The Hall–Kier alpha value is -0.990. The average molecular weight is 209 g/mol. The zero-order chi connectivity index (χ0) is 11.3. The number of nitrogens with zero attached hydrogens (tertiary/aromatic N) is 2. The number of rotatable bonds is 6. The molecule has 0 saturated carbocycles. The van der Waals surface area contributed by atoms with Gasteiger partial charge in [0.2, 0.25) is 0 Å². The normalized spacial score (nSPS) is 11.0. The SMILES string of the molecule is CCCn1cc(NCCC(C)C)c(C)n1. The first kappa shape index (κ1) is 12.1. The summed E-state index contributed by atoms with van der Waals surface area (Å²) in [5.74, 6) is 0.753. The van der Waals surface area contributed by atoms with Crippen molar-refractivity contribution in [1.29, 1.82) is 0 Å². The molecule has 3 heteroatoms. The lowest BCUT2D eigenvalue weighted by Gasteiger charge is -2.06. The molecule has 0 radical (unpaired) electrons. The zero-order valence-corrected chi connectivity index (χ0v) is 10.4. The van der Waals surface area contributed by atoms with E-state index >= 15 is 0 Å². The first-order valence-electron chi connectivity index (χ1n) is 5.91. The summed E-state index contributed by atoms with van der Waals surface area (Å²) in [4.78, 5) is 0. The van der Waals surface area contributed by atoms with Crippen LogP contribution in [0, 0.1) is 12.8 Å². The van der Waals surface area contributed by atoms with Gasteiger partial charge in [0, 0.05) is 19.3 Å². The molecule has 86 valence electrons. The van der Waals surface area contributed by atoms with E-state index in [9.17, 15) is 0 Å². The molecule has 0 bridgehead atoms. The Kier molecular flexibility index (Phi) is 4.66. The highest BCUT2D eigenvalue weighted by Gasteiger charge is 2.03. The summed E-state index contributed by atoms with van der Waals surface area (Å²) in [7, 11) is 0. The van der Waals surface area contributed by atoms with Crippen molar-refractivity contribution in [3.05, 3.63) is 11.9 Å². The Morgan fingerprint density at radius 2 is 2.20 bits per heavy atom. The van der Waals surface area contributed by atoms with E-state index in [1.165, 1.54) is 12.1 Å². The van der Waals surface area contributed by atoms with Crippen molar-refractivity contribution in [3.63, 3.8) is 0 Å². The van der Waals surface area contributed by atoms with Gasteiger partial charge in [-0.05, 0) is 25.7 Å². The molecule has 0 aliphatic rings. The fourth-order valence-electron chi connectivity index (χ4n) is 1.53. The Morgan fingerprint density at radius 1 is 1.47 bits per heavy atom. The Morgan fingerprint density at radius 3 is 2.80 bits per heavy atom. The fourth-order valence-corrected chi connectivity index (χ4v) is 1.53. The number of nitrogens with one attached hydrogen (secondary N) is 1. The van der Waals surface area contributed by atoms with Crippen LogP contribution in [-0.2, 0) is 6.54 Å². The van der Waals surface area contributed by atoms with Gasteiger partial charge in [-0.1, -0.05) is 20.8 Å². The van der Waals surface area contributed by atoms with Gasteiger partial charge < -0.3 is 5.32 Å². The lowest BCUT2D eigenvalue weighted by atomic mass is 10.1. The minimum atomic E-state index is 0.753. The molecule has 0 aromatic carbocycles. The molecule has 0 aliphatic heterocycles. The topological polar surface area (TPSA) is 29.9 Å². The molecule has 0 saturated heterocycles. The number of anilines is 1. The molecule has 15 heavy (non-hydrogen) atoms. The molecular weight excluding hydrogens is 186 g/mol. The van der Waals surface area contributed by atoms with Crippen LogP contribution in [0.2, 0.25) is 0 Å². The standard InChI is InChI=1S/C12H23N3/c1-5-8-15-9-12(11(4)14-15)13-7-6-10(2)3/h9-10,13H,5-8H2,1-4H3. The van der Waals surface area contributed by atoms with Gasteiger partial charge in [-0.25, -0.2) is 0 Å². The Labute approximate surface area is 92.9 Å². The Bertz CT molecular complexity index is 289. The molecule has 0 unspecified atom stereocenters. The van der Waals surface area contributed by atoms with Gasteiger partial charge in [0.05, 0.1) is 11.4 Å². The molecule has 1 rings (SSSR count). The van der Waals surface area contributed by atoms with E-state index in [1.54, 1.807) is 0 Å². The van der Waals surface area contributed by atoms with Crippen LogP contribution in [-0.4, -0.2) is 16.3 Å². The van der Waals surface area contributed by atoms with Crippen LogP contribution in [0.5, 0.6) is 0 Å². The van der Waals surface area contributed by atoms with Crippen molar-refractivity contribution in [2.75, 3.05) is 11.9 Å². The number of hydrogen-bond donors (Lipinski definition) is 1. The molecular formula is C12H23N3. The first-order chi connectivity index (χ1) is 7.13. The largest absolute Gasteiger partial charge is 0.382 e. The highest BCUT2D eigenvalue weighted by Crippen LogP contribution is 2.13. The van der Waals surface area contributed by atoms with E-state index in [4.69, 9.17) is 0 Å². The van der Waals surface area contributed by atoms with Gasteiger partial charge in [0.15, 0.2) is 0 Å². The molecule has 1 heterocycles. The molecule has 1 aromatic rings. The third kappa shape index (κ3) is 3.94. The van der Waals surface area contributed by atoms with Crippen molar-refractivity contribution in [2.45, 2.75) is 47.1 Å². The lowest BCUT2D eigenvalue weighted by Crippen LogP contribution is -2.04. The smallest absolute Gasteiger partial charge is 0.0825 e. The van der Waals surface area contributed by atoms with Crippen LogP contribution in [0.15, 0.2) is 6.20 Å². The van der Waals surface area contributed by atoms with Crippen LogP contribution in [0.1, 0.15) is 39.3 Å². The fraction of sp³-hybridized carbons (Fsp3) is 0.750. The van der Waals surface area contributed by atoms with Gasteiger partial charge in [-0.2, -0.15) is 5.10 Å². The molecule has 0 aliphatic carbocycles. The zero-order valence-electron chi connectivity index (χ0n) is 10.4. The highest BCUT2D eigenvalue weighted by molar-refractivity contribution is 5.45. The van der Waals surface area contributed by atoms with E-state index in [1.807, 2.05) is 4.68 Å². The summed E-state index contributed by atoms with van der Waals surface area (Å²) in [5, 5.41) is 7.89. The van der Waals surface area contributed by atoms with Crippen LogP contribution in [0.3, 0.4) is 0 Å². The molecule has 0 amide bonds. The second kappa shape index (κ2) is 5.79. The molecule has 0 atom stereocenters. The molecule has 1 N–H and O–H groups in total. The number of aromatic nitrogens is 2. The van der Waals surface area contributed by atoms with Crippen LogP contribution in [0.25, 0.3) is 0 Å². The summed E-state index contributed by atoms with van der Waals surface area (Å²) in [6.07, 6.45) is 4.45. The van der Waals surface area contributed by atoms with Crippen molar-refractivity contribution < 1.29 is 0 Å². The highest BCUT2D eigenvalue weighted by atomic mass is 15.3. The van der Waals surface area contributed by atoms with Gasteiger partial charge in [-0.3, -0.25) is 4.68 Å². The van der Waals surface area contributed by atoms with Gasteiger partial charge in [-0.15, -0.1) is 0 Å². The van der Waals surface area contributed by atoms with Crippen LogP contribution < -0.4 is 5.32 Å². The number of hydrogen-bond acceptors (Lipinski definition) is 2. The van der Waals surface area contributed by atoms with E-state index in [2.05, 4.69) is 44.3 Å². The minimum absolute atomic E-state index is 0.753. The van der Waals surface area contributed by atoms with Crippen molar-refractivity contribution in [3.8, 4) is 0 Å². The average Bonchev–Trinajstić information content (AvgIpc) is 2.47. The molecule has 1 aromatic heterocycles. The predicted molar refractivity (Wildman–Crippen MR) is 65.2 cm³/mol. The quantitative estimate of drug-likeness (QED) is 0.780. The van der Waals surface area contributed by atoms with E-state index < -0.39 is 0 Å². The third-order valence-electron chi connectivity index (χ3n) is 2.44. The monoisotopic (exact) mass is 209 g/mol. The number of aryl methyl sites for hydroxylation is 2. The van der Waals surface area contributed by atoms with E-state index in [0.717, 1.165) is 31.1 Å². The maximum absolute atomic E-state index is 4.45. The van der Waals surface area contributed by atoms with Crippen molar-refractivity contribution >= 4 is 5.69 Å². The molecule has 0 spiro atoms. The molecule has 0 fully saturated rings. The van der Waals surface area contributed by atoms with E-state index in [-0.39, 0.29) is 0 Å². The van der Waals surface area contributed by atoms with Gasteiger partial charge in [0.1, 0.15) is 0 Å². The summed E-state index contributed by atoms with van der Waals surface area (Å²) in [5.41, 5.74) is 2.29. The minimum Gasteiger partial charge on any atom is -0.382 e. The second-order valence-electron chi connectivity index (χ2n) is 4.50. The summed E-state index contributed by atoms with van der Waals surface area (Å²) < 4.78 is 2.02. The van der Waals surface area contributed by atoms with Gasteiger partial charge >= 0.3 is 0 Å². The van der Waals surface area contributed by atoms with E-state index in [0.29, 0.717) is 0 Å². The maximum atomic E-state index is 4.45. The second-order valence-corrected chi connectivity index (χ2v) is 4.50. The molecule has 3 nitrogen and oxygen atoms in total. The predicted octanol–water partition coefficient (Wildman–Crippen LogP) is 3.06.